The molecule has 2 atom stereocenters. The average molecular weight is 341 g/mol. The van der Waals surface area contributed by atoms with Gasteiger partial charge in [-0.15, -0.1) is 11.3 Å². The third-order valence-electron chi connectivity index (χ3n) is 3.58. The number of hydrogen-bond acceptors (Lipinski definition) is 6. The summed E-state index contributed by atoms with van der Waals surface area (Å²) in [6.45, 7) is 7.47. The molecule has 7 heteroatoms. The van der Waals surface area contributed by atoms with Crippen molar-refractivity contribution < 1.29 is 24.2 Å². The molecule has 0 saturated carbocycles. The molecule has 0 aromatic carbocycles. The molecule has 1 N–H and O–H groups in total. The molecule has 0 spiro atoms. The largest absolute Gasteiger partial charge is 0.465 e. The van der Waals surface area contributed by atoms with Crippen LogP contribution in [0.15, 0.2) is 6.07 Å². The van der Waals surface area contributed by atoms with Crippen LogP contribution in [-0.2, 0) is 9.47 Å². The molecule has 6 nitrogen and oxygen atoms in total. The number of aliphatic hydroxyl groups excluding tert-OH is 1. The molecule has 1 fully saturated rings. The number of methoxy groups -OCH3 is 1. The van der Waals surface area contributed by atoms with E-state index < -0.39 is 23.8 Å². The van der Waals surface area contributed by atoms with Crippen molar-refractivity contribution in [1.29, 1.82) is 0 Å². The first-order valence-corrected chi connectivity index (χ1v) is 8.30. The van der Waals surface area contributed by atoms with Crippen LogP contribution < -0.4 is 0 Å². The SMILES string of the molecule is COC(=O)c1cc([C@@H]2CC(O)CN2C(=O)OC(C)(C)C)sc1C. The Hall–Kier alpha value is -1.60. The van der Waals surface area contributed by atoms with Gasteiger partial charge in [-0.2, -0.15) is 0 Å². The number of nitrogens with zero attached hydrogens (tertiary/aromatic N) is 1. The minimum atomic E-state index is -0.600. The summed E-state index contributed by atoms with van der Waals surface area (Å²) in [5.74, 6) is -0.396. The van der Waals surface area contributed by atoms with E-state index in [1.54, 1.807) is 26.8 Å². The Balaban J connectivity index is 2.26. The van der Waals surface area contributed by atoms with Crippen LogP contribution in [0.2, 0.25) is 0 Å². The van der Waals surface area contributed by atoms with E-state index in [9.17, 15) is 14.7 Å². The first-order valence-electron chi connectivity index (χ1n) is 7.48. The Bertz CT molecular complexity index is 604. The van der Waals surface area contributed by atoms with Crippen molar-refractivity contribution in [2.75, 3.05) is 13.7 Å². The number of esters is 1. The van der Waals surface area contributed by atoms with E-state index in [1.165, 1.54) is 23.3 Å². The third kappa shape index (κ3) is 4.03. The van der Waals surface area contributed by atoms with E-state index in [-0.39, 0.29) is 12.6 Å². The topological polar surface area (TPSA) is 76.1 Å². The summed E-state index contributed by atoms with van der Waals surface area (Å²) < 4.78 is 10.2. The van der Waals surface area contributed by atoms with Gasteiger partial charge in [-0.05, 0) is 33.8 Å². The Morgan fingerprint density at radius 1 is 1.39 bits per heavy atom. The van der Waals surface area contributed by atoms with Crippen molar-refractivity contribution in [2.45, 2.75) is 51.9 Å². The summed E-state index contributed by atoms with van der Waals surface area (Å²) >= 11 is 1.44. The van der Waals surface area contributed by atoms with Gasteiger partial charge in [0.2, 0.25) is 0 Å². The normalized spacial score (nSPS) is 21.4. The lowest BCUT2D eigenvalue weighted by molar-refractivity contribution is 0.0209. The molecule has 0 radical (unpaired) electrons. The molecule has 1 aromatic rings. The van der Waals surface area contributed by atoms with Crippen LogP contribution in [0, 0.1) is 6.92 Å². The van der Waals surface area contributed by atoms with Crippen LogP contribution >= 0.6 is 11.3 Å². The van der Waals surface area contributed by atoms with E-state index in [4.69, 9.17) is 9.47 Å². The molecule has 2 heterocycles. The Kier molecular flexibility index (Phi) is 5.01. The number of aliphatic hydroxyl groups is 1. The smallest absolute Gasteiger partial charge is 0.410 e. The number of hydrogen-bond donors (Lipinski definition) is 1. The second kappa shape index (κ2) is 6.49. The molecular formula is C16H23NO5S. The van der Waals surface area contributed by atoms with Crippen LogP contribution in [-0.4, -0.2) is 47.4 Å². The van der Waals surface area contributed by atoms with Gasteiger partial charge in [0.15, 0.2) is 0 Å². The van der Waals surface area contributed by atoms with Crippen LogP contribution in [0.3, 0.4) is 0 Å². The molecule has 0 bridgehead atoms. The van der Waals surface area contributed by atoms with Gasteiger partial charge in [0.25, 0.3) is 0 Å². The molecule has 1 unspecified atom stereocenters. The van der Waals surface area contributed by atoms with Crippen LogP contribution in [0.5, 0.6) is 0 Å². The number of ether oxygens (including phenoxy) is 2. The van der Waals surface area contributed by atoms with Crippen LogP contribution in [0.1, 0.15) is 53.3 Å². The monoisotopic (exact) mass is 341 g/mol. The highest BCUT2D eigenvalue weighted by Crippen LogP contribution is 2.38. The molecular weight excluding hydrogens is 318 g/mol. The predicted molar refractivity (Wildman–Crippen MR) is 86.7 cm³/mol. The maximum absolute atomic E-state index is 12.4. The molecule has 0 aliphatic carbocycles. The molecule has 1 aliphatic heterocycles. The van der Waals surface area contributed by atoms with Crippen LogP contribution in [0.25, 0.3) is 0 Å². The fraction of sp³-hybridized carbons (Fsp3) is 0.625. The minimum absolute atomic E-state index is 0.226. The third-order valence-corrected chi connectivity index (χ3v) is 4.73. The Morgan fingerprint density at radius 3 is 2.61 bits per heavy atom. The average Bonchev–Trinajstić information content (AvgIpc) is 2.99. The Labute approximate surface area is 140 Å². The molecule has 128 valence electrons. The van der Waals surface area contributed by atoms with Crippen molar-refractivity contribution in [3.63, 3.8) is 0 Å². The van der Waals surface area contributed by atoms with E-state index in [2.05, 4.69) is 0 Å². The maximum Gasteiger partial charge on any atom is 0.410 e. The molecule has 1 aromatic heterocycles. The number of likely N-dealkylation sites (tertiary alicyclic amines) is 1. The van der Waals surface area contributed by atoms with Gasteiger partial charge >= 0.3 is 12.1 Å². The fourth-order valence-corrected chi connectivity index (χ4v) is 3.73. The number of aryl methyl sites for hydroxylation is 1. The van der Waals surface area contributed by atoms with Gasteiger partial charge in [0, 0.05) is 16.2 Å². The quantitative estimate of drug-likeness (QED) is 0.837. The van der Waals surface area contributed by atoms with Crippen molar-refractivity contribution in [1.82, 2.24) is 4.90 Å². The minimum Gasteiger partial charge on any atom is -0.465 e. The number of thiophene rings is 1. The van der Waals surface area contributed by atoms with Crippen molar-refractivity contribution >= 4 is 23.4 Å². The van der Waals surface area contributed by atoms with Crippen LogP contribution in [0.4, 0.5) is 4.79 Å². The van der Waals surface area contributed by atoms with Gasteiger partial charge < -0.3 is 14.6 Å². The lowest BCUT2D eigenvalue weighted by Gasteiger charge is -2.28. The number of carbonyl (C=O) groups is 2. The highest BCUT2D eigenvalue weighted by molar-refractivity contribution is 7.12. The lowest BCUT2D eigenvalue weighted by Crippen LogP contribution is -2.37. The number of amides is 1. The maximum atomic E-state index is 12.4. The Morgan fingerprint density at radius 2 is 2.04 bits per heavy atom. The second-order valence-corrected chi connectivity index (χ2v) is 7.94. The molecule has 2 rings (SSSR count). The number of carbonyl (C=O) groups excluding carboxylic acids is 2. The first-order chi connectivity index (χ1) is 10.6. The summed E-state index contributed by atoms with van der Waals surface area (Å²) in [6.07, 6.45) is -0.624. The van der Waals surface area contributed by atoms with Gasteiger partial charge in [-0.1, -0.05) is 0 Å². The highest BCUT2D eigenvalue weighted by Gasteiger charge is 2.39. The van der Waals surface area contributed by atoms with E-state index in [0.29, 0.717) is 12.0 Å². The molecule has 23 heavy (non-hydrogen) atoms. The summed E-state index contributed by atoms with van der Waals surface area (Å²) in [7, 11) is 1.34. The van der Waals surface area contributed by atoms with Crippen molar-refractivity contribution in [3.8, 4) is 0 Å². The van der Waals surface area contributed by atoms with E-state index in [1.807, 2.05) is 6.92 Å². The van der Waals surface area contributed by atoms with E-state index >= 15 is 0 Å². The van der Waals surface area contributed by atoms with Crippen molar-refractivity contribution in [3.05, 3.63) is 21.4 Å². The molecule has 1 aliphatic rings. The molecule has 1 saturated heterocycles. The van der Waals surface area contributed by atoms with Gasteiger partial charge in [-0.25, -0.2) is 9.59 Å². The highest BCUT2D eigenvalue weighted by atomic mass is 32.1. The standard InChI is InChI=1S/C16H23NO5S/c1-9-11(14(19)21-5)7-13(23-9)12-6-10(18)8-17(12)15(20)22-16(2,3)4/h7,10,12,18H,6,8H2,1-5H3/t10?,12-/m0/s1. The second-order valence-electron chi connectivity index (χ2n) is 6.65. The summed E-state index contributed by atoms with van der Waals surface area (Å²) in [5, 5.41) is 9.97. The molecule has 1 amide bonds. The van der Waals surface area contributed by atoms with E-state index in [0.717, 1.165) is 9.75 Å². The number of rotatable bonds is 2. The lowest BCUT2D eigenvalue weighted by atomic mass is 10.1. The summed E-state index contributed by atoms with van der Waals surface area (Å²) in [4.78, 5) is 27.4. The zero-order valence-electron chi connectivity index (χ0n) is 14.1. The summed E-state index contributed by atoms with van der Waals surface area (Å²) in [6, 6.07) is 1.45. The van der Waals surface area contributed by atoms with Gasteiger partial charge in [-0.3, -0.25) is 4.90 Å². The predicted octanol–water partition coefficient (Wildman–Crippen LogP) is 2.89. The number of β-amino-alcohol motifs (C(OH)–C–C–N with tert-alkyl or cyclic N) is 1. The first kappa shape index (κ1) is 17.7. The van der Waals surface area contributed by atoms with Gasteiger partial charge in [0.05, 0.1) is 31.4 Å². The zero-order valence-corrected chi connectivity index (χ0v) is 14.9. The van der Waals surface area contributed by atoms with Gasteiger partial charge in [0.1, 0.15) is 5.60 Å². The zero-order chi connectivity index (χ0) is 17.4. The summed E-state index contributed by atoms with van der Waals surface area (Å²) in [5.41, 5.74) is -0.101. The fourth-order valence-electron chi connectivity index (χ4n) is 2.59. The van der Waals surface area contributed by atoms with Crippen molar-refractivity contribution in [2.24, 2.45) is 0 Å².